The lowest BCUT2D eigenvalue weighted by molar-refractivity contribution is 0.119. The topological polar surface area (TPSA) is 41.6 Å². The van der Waals surface area contributed by atoms with Gasteiger partial charge in [0.15, 0.2) is 5.11 Å². The summed E-state index contributed by atoms with van der Waals surface area (Å²) in [6.07, 6.45) is -0.390. The number of nitrogens with zero attached hydrogens (tertiary/aromatic N) is 1. The van der Waals surface area contributed by atoms with E-state index >= 15 is 0 Å². The van der Waals surface area contributed by atoms with E-state index in [1.54, 1.807) is 0 Å². The van der Waals surface area contributed by atoms with Gasteiger partial charge in [-0.1, -0.05) is 30.3 Å². The summed E-state index contributed by atoms with van der Waals surface area (Å²) in [6, 6.07) is 9.56. The van der Waals surface area contributed by atoms with Crippen LogP contribution in [0.25, 0.3) is 0 Å². The first kappa shape index (κ1) is 10.9. The molecule has 1 aromatic carbocycles. The molecule has 1 saturated heterocycles. The molecule has 0 radical (unpaired) electrons. The van der Waals surface area contributed by atoms with E-state index in [9.17, 15) is 4.79 Å². The van der Waals surface area contributed by atoms with Gasteiger partial charge in [-0.2, -0.15) is 0 Å². The first-order valence-corrected chi connectivity index (χ1v) is 5.44. The smallest absolute Gasteiger partial charge is 0.416 e. The quantitative estimate of drug-likeness (QED) is 0.790. The van der Waals surface area contributed by atoms with Crippen molar-refractivity contribution >= 4 is 23.4 Å². The normalized spacial score (nSPS) is 14.8. The Labute approximate surface area is 99.2 Å². The summed E-state index contributed by atoms with van der Waals surface area (Å²) in [7, 11) is 0. The second kappa shape index (κ2) is 4.94. The van der Waals surface area contributed by atoms with Crippen molar-refractivity contribution in [2.75, 3.05) is 13.1 Å². The number of carbonyl (C=O) groups excluding carboxylic acids is 1. The number of hydrogen-bond donors (Lipinski definition) is 1. The van der Waals surface area contributed by atoms with Gasteiger partial charge in [-0.25, -0.2) is 4.79 Å². The van der Waals surface area contributed by atoms with Crippen molar-refractivity contribution in [1.29, 1.82) is 0 Å². The van der Waals surface area contributed by atoms with Crippen LogP contribution in [0.3, 0.4) is 0 Å². The zero-order valence-electron chi connectivity index (χ0n) is 8.68. The van der Waals surface area contributed by atoms with Crippen LogP contribution in [-0.4, -0.2) is 29.2 Å². The lowest BCUT2D eigenvalue weighted by atomic mass is 10.2. The molecule has 1 fully saturated rings. The highest BCUT2D eigenvalue weighted by molar-refractivity contribution is 7.80. The highest BCUT2D eigenvalue weighted by Crippen LogP contribution is 2.05. The summed E-state index contributed by atoms with van der Waals surface area (Å²) in [5.74, 6) is 0. The van der Waals surface area contributed by atoms with Crippen LogP contribution < -0.4 is 5.32 Å². The maximum Gasteiger partial charge on any atom is 0.416 e. The van der Waals surface area contributed by atoms with Gasteiger partial charge in [0.05, 0.1) is 0 Å². The van der Waals surface area contributed by atoms with Gasteiger partial charge in [0.25, 0.3) is 0 Å². The first-order chi connectivity index (χ1) is 7.77. The van der Waals surface area contributed by atoms with E-state index < -0.39 is 0 Å². The number of ether oxygens (including phenoxy) is 1. The van der Waals surface area contributed by atoms with E-state index in [1.807, 2.05) is 30.3 Å². The van der Waals surface area contributed by atoms with Crippen LogP contribution in [0, 0.1) is 0 Å². The molecule has 0 bridgehead atoms. The summed E-state index contributed by atoms with van der Waals surface area (Å²) in [4.78, 5) is 13.0. The van der Waals surface area contributed by atoms with Gasteiger partial charge in [-0.3, -0.25) is 4.90 Å². The molecule has 16 heavy (non-hydrogen) atoms. The average Bonchev–Trinajstić information content (AvgIpc) is 2.74. The molecule has 0 unspecified atom stereocenters. The molecule has 1 aliphatic heterocycles. The van der Waals surface area contributed by atoms with Gasteiger partial charge in [0.2, 0.25) is 0 Å². The summed E-state index contributed by atoms with van der Waals surface area (Å²) in [6.45, 7) is 1.55. The minimum Gasteiger partial charge on any atom is -0.444 e. The van der Waals surface area contributed by atoms with Crippen molar-refractivity contribution in [3.63, 3.8) is 0 Å². The highest BCUT2D eigenvalue weighted by atomic mass is 32.1. The van der Waals surface area contributed by atoms with Crippen LogP contribution >= 0.6 is 12.2 Å². The molecule has 0 saturated carbocycles. The Morgan fingerprint density at radius 1 is 1.44 bits per heavy atom. The molecule has 84 valence electrons. The molecule has 0 atom stereocenters. The molecular formula is C11H12N2O2S. The van der Waals surface area contributed by atoms with Crippen molar-refractivity contribution in [2.45, 2.75) is 6.61 Å². The minimum absolute atomic E-state index is 0.277. The van der Waals surface area contributed by atoms with Gasteiger partial charge in [0, 0.05) is 13.1 Å². The van der Waals surface area contributed by atoms with Crippen LogP contribution in [0.15, 0.2) is 30.3 Å². The first-order valence-electron chi connectivity index (χ1n) is 5.03. The second-order valence-electron chi connectivity index (χ2n) is 3.42. The van der Waals surface area contributed by atoms with Crippen molar-refractivity contribution < 1.29 is 9.53 Å². The number of hydrogen-bond acceptors (Lipinski definition) is 3. The van der Waals surface area contributed by atoms with Gasteiger partial charge in [-0.05, 0) is 17.8 Å². The SMILES string of the molecule is O=C(OCc1ccccc1)N1CCNC1=S. The third-order valence-corrected chi connectivity index (χ3v) is 2.65. The van der Waals surface area contributed by atoms with E-state index in [0.29, 0.717) is 18.2 Å². The van der Waals surface area contributed by atoms with Crippen LogP contribution in [0.5, 0.6) is 0 Å². The predicted octanol–water partition coefficient (Wildman–Crippen LogP) is 1.51. The maximum atomic E-state index is 11.6. The molecule has 2 rings (SSSR count). The molecule has 1 amide bonds. The molecule has 4 nitrogen and oxygen atoms in total. The van der Waals surface area contributed by atoms with Crippen molar-refractivity contribution in [2.24, 2.45) is 0 Å². The standard InChI is InChI=1S/C11H12N2O2S/c14-11(13-7-6-12-10(13)16)15-8-9-4-2-1-3-5-9/h1-5H,6-8H2,(H,12,16). The fourth-order valence-electron chi connectivity index (χ4n) is 1.44. The van der Waals surface area contributed by atoms with E-state index in [-0.39, 0.29) is 12.7 Å². The molecule has 1 heterocycles. The lowest BCUT2D eigenvalue weighted by Crippen LogP contribution is -2.34. The number of thiocarbonyl (C=S) groups is 1. The summed E-state index contributed by atoms with van der Waals surface area (Å²) >= 11 is 4.96. The minimum atomic E-state index is -0.390. The fraction of sp³-hybridized carbons (Fsp3) is 0.273. The third kappa shape index (κ3) is 2.49. The predicted molar refractivity (Wildman–Crippen MR) is 63.9 cm³/mol. The zero-order chi connectivity index (χ0) is 11.4. The van der Waals surface area contributed by atoms with Crippen LogP contribution in [-0.2, 0) is 11.3 Å². The Hall–Kier alpha value is -1.62. The van der Waals surface area contributed by atoms with Crippen LogP contribution in [0.4, 0.5) is 4.79 Å². The average molecular weight is 236 g/mol. The monoisotopic (exact) mass is 236 g/mol. The van der Waals surface area contributed by atoms with Crippen LogP contribution in [0.1, 0.15) is 5.56 Å². The molecule has 1 N–H and O–H groups in total. The Morgan fingerprint density at radius 2 is 2.19 bits per heavy atom. The van der Waals surface area contributed by atoms with E-state index in [4.69, 9.17) is 17.0 Å². The third-order valence-electron chi connectivity index (χ3n) is 2.28. The highest BCUT2D eigenvalue weighted by Gasteiger charge is 2.23. The summed E-state index contributed by atoms with van der Waals surface area (Å²) in [5, 5.41) is 3.35. The van der Waals surface area contributed by atoms with Crippen LogP contribution in [0.2, 0.25) is 0 Å². The number of nitrogens with one attached hydrogen (secondary N) is 1. The molecule has 5 heteroatoms. The zero-order valence-corrected chi connectivity index (χ0v) is 9.50. The largest absolute Gasteiger partial charge is 0.444 e. The van der Waals surface area contributed by atoms with E-state index in [0.717, 1.165) is 5.56 Å². The molecule has 0 spiro atoms. The molecular weight excluding hydrogens is 224 g/mol. The molecule has 0 aromatic heterocycles. The van der Waals surface area contributed by atoms with Gasteiger partial charge in [0.1, 0.15) is 6.61 Å². The number of amides is 1. The Kier molecular flexibility index (Phi) is 3.36. The van der Waals surface area contributed by atoms with Crippen molar-refractivity contribution in [3.05, 3.63) is 35.9 Å². The number of rotatable bonds is 2. The Bertz CT molecular complexity index is 394. The maximum absolute atomic E-state index is 11.6. The van der Waals surface area contributed by atoms with Gasteiger partial charge >= 0.3 is 6.09 Å². The van der Waals surface area contributed by atoms with Gasteiger partial charge in [-0.15, -0.1) is 0 Å². The van der Waals surface area contributed by atoms with E-state index in [2.05, 4.69) is 5.32 Å². The summed E-state index contributed by atoms with van der Waals surface area (Å²) in [5.41, 5.74) is 0.967. The van der Waals surface area contributed by atoms with Crippen molar-refractivity contribution in [3.8, 4) is 0 Å². The Balaban J connectivity index is 1.86. The molecule has 1 aliphatic rings. The second-order valence-corrected chi connectivity index (χ2v) is 3.81. The summed E-state index contributed by atoms with van der Waals surface area (Å²) < 4.78 is 5.14. The van der Waals surface area contributed by atoms with Crippen molar-refractivity contribution in [1.82, 2.24) is 10.2 Å². The van der Waals surface area contributed by atoms with E-state index in [1.165, 1.54) is 4.90 Å². The van der Waals surface area contributed by atoms with Gasteiger partial charge < -0.3 is 10.1 Å². The molecule has 1 aromatic rings. The lowest BCUT2D eigenvalue weighted by Gasteiger charge is -2.14. The Morgan fingerprint density at radius 3 is 2.81 bits per heavy atom. The number of carbonyl (C=O) groups is 1. The fourth-order valence-corrected chi connectivity index (χ4v) is 1.71. The molecule has 0 aliphatic carbocycles. The number of benzene rings is 1.